The van der Waals surface area contributed by atoms with Crippen LogP contribution in [0.5, 0.6) is 0 Å². The van der Waals surface area contributed by atoms with Gasteiger partial charge in [-0.25, -0.2) is 0 Å². The molecule has 0 saturated heterocycles. The number of anilines is 1. The van der Waals surface area contributed by atoms with E-state index in [1.807, 2.05) is 12.2 Å². The number of hydrogen-bond donors (Lipinski definition) is 2. The van der Waals surface area contributed by atoms with Gasteiger partial charge in [0, 0.05) is 37.5 Å². The van der Waals surface area contributed by atoms with Crippen molar-refractivity contribution in [2.24, 2.45) is 17.3 Å². The Hall–Kier alpha value is -2.17. The first-order valence-corrected chi connectivity index (χ1v) is 12.5. The third-order valence-electron chi connectivity index (χ3n) is 9.24. The molecule has 2 saturated carbocycles. The number of benzene rings is 1. The molecule has 0 heterocycles. The summed E-state index contributed by atoms with van der Waals surface area (Å²) in [6, 6.07) is 8.69. The lowest BCUT2D eigenvalue weighted by molar-refractivity contribution is -0.114. The molecular weight excluding hydrogens is 410 g/mol. The van der Waals surface area contributed by atoms with Crippen LogP contribution in [0.3, 0.4) is 0 Å². The summed E-state index contributed by atoms with van der Waals surface area (Å²) in [5.41, 5.74) is 5.64. The minimum atomic E-state index is -0.902. The Morgan fingerprint density at radius 3 is 2.70 bits per heavy atom. The summed E-state index contributed by atoms with van der Waals surface area (Å²) in [7, 11) is 4.20. The van der Waals surface area contributed by atoms with Crippen molar-refractivity contribution in [3.05, 3.63) is 64.8 Å². The highest BCUT2D eigenvalue weighted by Gasteiger charge is 2.62. The normalized spacial score (nSPS) is 35.8. The fourth-order valence-corrected chi connectivity index (χ4v) is 7.69. The number of fused-ring (bicyclic) bond motifs is 4. The van der Waals surface area contributed by atoms with Gasteiger partial charge in [-0.2, -0.15) is 0 Å². The van der Waals surface area contributed by atoms with Gasteiger partial charge in [0.25, 0.3) is 0 Å². The van der Waals surface area contributed by atoms with Crippen LogP contribution >= 0.6 is 0 Å². The molecule has 0 radical (unpaired) electrons. The van der Waals surface area contributed by atoms with Gasteiger partial charge < -0.3 is 15.1 Å². The number of aliphatic hydroxyl groups excluding tert-OH is 1. The van der Waals surface area contributed by atoms with Gasteiger partial charge in [-0.3, -0.25) is 4.79 Å². The SMILES string of the molecule is CN(C)c1ccccc1[C@H]1C[C@@]2(C)[C@@H](CC[C@@]2(O)/C=C\CO)[C@@H]2CCC3=CC(=O)CCC3=C21. The van der Waals surface area contributed by atoms with Crippen molar-refractivity contribution in [3.8, 4) is 0 Å². The lowest BCUT2D eigenvalue weighted by Gasteiger charge is -2.54. The topological polar surface area (TPSA) is 60.8 Å². The van der Waals surface area contributed by atoms with E-state index in [4.69, 9.17) is 0 Å². The molecule has 4 nitrogen and oxygen atoms in total. The number of allylic oxidation sites excluding steroid dienone is 4. The van der Waals surface area contributed by atoms with Crippen molar-refractivity contribution >= 4 is 11.5 Å². The molecule has 0 spiro atoms. The third kappa shape index (κ3) is 3.45. The minimum Gasteiger partial charge on any atom is -0.392 e. The highest BCUT2D eigenvalue weighted by Crippen LogP contribution is 2.67. The first kappa shape index (κ1) is 22.6. The number of para-hydroxylation sites is 1. The predicted octanol–water partition coefficient (Wildman–Crippen LogP) is 4.93. The molecule has 5 atom stereocenters. The van der Waals surface area contributed by atoms with Gasteiger partial charge in [-0.15, -0.1) is 0 Å². The first-order valence-electron chi connectivity index (χ1n) is 12.5. The van der Waals surface area contributed by atoms with Gasteiger partial charge in [0.15, 0.2) is 5.78 Å². The van der Waals surface area contributed by atoms with Crippen LogP contribution in [-0.2, 0) is 4.79 Å². The zero-order chi connectivity index (χ0) is 23.4. The average Bonchev–Trinajstić information content (AvgIpc) is 3.07. The van der Waals surface area contributed by atoms with Gasteiger partial charge in [0.05, 0.1) is 12.2 Å². The molecule has 0 unspecified atom stereocenters. The van der Waals surface area contributed by atoms with Crippen LogP contribution in [0.25, 0.3) is 0 Å². The molecule has 1 aromatic carbocycles. The predicted molar refractivity (Wildman–Crippen MR) is 132 cm³/mol. The second kappa shape index (κ2) is 8.25. The number of aliphatic hydroxyl groups is 2. The van der Waals surface area contributed by atoms with E-state index in [0.29, 0.717) is 18.3 Å². The quantitative estimate of drug-likeness (QED) is 0.643. The lowest BCUT2D eigenvalue weighted by Crippen LogP contribution is -2.50. The molecule has 0 aromatic heterocycles. The Morgan fingerprint density at radius 2 is 1.94 bits per heavy atom. The molecular formula is C29H37NO3. The van der Waals surface area contributed by atoms with Crippen molar-refractivity contribution in [1.82, 2.24) is 0 Å². The van der Waals surface area contributed by atoms with Crippen LogP contribution in [0.4, 0.5) is 5.69 Å². The van der Waals surface area contributed by atoms with E-state index in [-0.39, 0.29) is 23.7 Å². The summed E-state index contributed by atoms with van der Waals surface area (Å²) in [6.45, 7) is 2.24. The van der Waals surface area contributed by atoms with Crippen LogP contribution in [-0.4, -0.2) is 42.3 Å². The molecule has 4 aliphatic rings. The van der Waals surface area contributed by atoms with Crippen molar-refractivity contribution in [2.45, 2.75) is 63.4 Å². The largest absolute Gasteiger partial charge is 0.392 e. The molecule has 33 heavy (non-hydrogen) atoms. The second-order valence-electron chi connectivity index (χ2n) is 11.0. The van der Waals surface area contributed by atoms with Crippen molar-refractivity contribution in [2.75, 3.05) is 25.6 Å². The van der Waals surface area contributed by atoms with Gasteiger partial charge in [0.1, 0.15) is 0 Å². The van der Waals surface area contributed by atoms with Gasteiger partial charge in [0.2, 0.25) is 0 Å². The molecule has 2 N–H and O–H groups in total. The van der Waals surface area contributed by atoms with E-state index in [1.54, 1.807) is 11.6 Å². The standard InChI is InChI=1S/C29H37NO3/c1-28-18-24(22-7-4-5-8-26(22)30(2)3)27-21-12-10-20(32)17-19(21)9-11-23(27)25(28)13-15-29(28,33)14-6-16-31/h4-8,14,17,23-25,31,33H,9-13,15-16,18H2,1-3H3/b14-6-/t23-,24+,25-,28-,29-/m0/s1. The number of rotatable bonds is 4. The fourth-order valence-electron chi connectivity index (χ4n) is 7.69. The molecule has 0 bridgehead atoms. The smallest absolute Gasteiger partial charge is 0.156 e. The van der Waals surface area contributed by atoms with Crippen molar-refractivity contribution in [3.63, 3.8) is 0 Å². The van der Waals surface area contributed by atoms with Crippen LogP contribution in [0.1, 0.15) is 63.4 Å². The van der Waals surface area contributed by atoms with E-state index in [2.05, 4.69) is 50.2 Å². The summed E-state index contributed by atoms with van der Waals surface area (Å²) < 4.78 is 0. The number of carbonyl (C=O) groups excluding carboxylic acids is 1. The molecule has 4 aliphatic carbocycles. The number of ketones is 1. The molecule has 4 heteroatoms. The van der Waals surface area contributed by atoms with Crippen molar-refractivity contribution < 1.29 is 15.0 Å². The van der Waals surface area contributed by atoms with Crippen molar-refractivity contribution in [1.29, 1.82) is 0 Å². The third-order valence-corrected chi connectivity index (χ3v) is 9.24. The summed E-state index contributed by atoms with van der Waals surface area (Å²) in [5, 5.41) is 21.3. The zero-order valence-corrected chi connectivity index (χ0v) is 20.2. The highest BCUT2D eigenvalue weighted by atomic mass is 16.3. The molecule has 1 aromatic rings. The highest BCUT2D eigenvalue weighted by molar-refractivity contribution is 5.93. The number of hydrogen-bond acceptors (Lipinski definition) is 4. The molecule has 2 fully saturated rings. The molecule has 0 amide bonds. The Kier molecular flexibility index (Phi) is 5.65. The second-order valence-corrected chi connectivity index (χ2v) is 11.0. The minimum absolute atomic E-state index is 0.0448. The van der Waals surface area contributed by atoms with Crippen LogP contribution in [0, 0.1) is 17.3 Å². The van der Waals surface area contributed by atoms with E-state index >= 15 is 0 Å². The van der Waals surface area contributed by atoms with Crippen LogP contribution in [0.15, 0.2) is 59.2 Å². The lowest BCUT2D eigenvalue weighted by atomic mass is 9.51. The summed E-state index contributed by atoms with van der Waals surface area (Å²) in [4.78, 5) is 14.4. The summed E-state index contributed by atoms with van der Waals surface area (Å²) in [5.74, 6) is 1.33. The Labute approximate surface area is 197 Å². The Morgan fingerprint density at radius 1 is 1.15 bits per heavy atom. The van der Waals surface area contributed by atoms with Gasteiger partial charge in [-0.1, -0.05) is 42.8 Å². The monoisotopic (exact) mass is 447 g/mol. The zero-order valence-electron chi connectivity index (χ0n) is 20.2. The average molecular weight is 448 g/mol. The Bertz CT molecular complexity index is 1050. The maximum absolute atomic E-state index is 12.2. The van der Waals surface area contributed by atoms with E-state index in [1.165, 1.54) is 22.4 Å². The summed E-state index contributed by atoms with van der Waals surface area (Å²) in [6.07, 6.45) is 11.6. The first-order chi connectivity index (χ1) is 15.8. The van der Waals surface area contributed by atoms with Crippen LogP contribution in [0.2, 0.25) is 0 Å². The molecule has 0 aliphatic heterocycles. The molecule has 5 rings (SSSR count). The van der Waals surface area contributed by atoms with E-state index < -0.39 is 5.60 Å². The Balaban J connectivity index is 1.71. The van der Waals surface area contributed by atoms with E-state index in [0.717, 1.165) is 38.5 Å². The fraction of sp³-hybridized carbons (Fsp3) is 0.552. The van der Waals surface area contributed by atoms with E-state index in [9.17, 15) is 15.0 Å². The maximum Gasteiger partial charge on any atom is 0.156 e. The van der Waals surface area contributed by atoms with Gasteiger partial charge >= 0.3 is 0 Å². The van der Waals surface area contributed by atoms with Crippen LogP contribution < -0.4 is 4.90 Å². The molecule has 176 valence electrons. The van der Waals surface area contributed by atoms with Gasteiger partial charge in [-0.05, 0) is 79.2 Å². The summed E-state index contributed by atoms with van der Waals surface area (Å²) >= 11 is 0. The number of carbonyl (C=O) groups is 1. The number of nitrogens with zero attached hydrogens (tertiary/aromatic N) is 1. The maximum atomic E-state index is 12.2.